The largest absolute Gasteiger partial charge is 0.228 e. The molecule has 7 rings (SSSR count). The van der Waals surface area contributed by atoms with Crippen molar-refractivity contribution in [2.75, 3.05) is 0 Å². The van der Waals surface area contributed by atoms with E-state index in [0.29, 0.717) is 0 Å². The summed E-state index contributed by atoms with van der Waals surface area (Å²) in [6.07, 6.45) is 0. The van der Waals surface area contributed by atoms with Gasteiger partial charge in [-0.25, -0.2) is 9.97 Å². The second-order valence-corrected chi connectivity index (χ2v) is 11.1. The number of fused-ring (bicyclic) bond motifs is 3. The SMILES string of the molecule is Cc1c(-c2ccccc2)nc(-c2cccc(-c3ccc4c(c3)-c3ccccc3C4(C)C)c2)nc1-c1ccccc1. The topological polar surface area (TPSA) is 25.8 Å². The van der Waals surface area contributed by atoms with Crippen molar-refractivity contribution in [3.8, 4) is 56.2 Å². The van der Waals surface area contributed by atoms with Gasteiger partial charge in [-0.3, -0.25) is 0 Å². The van der Waals surface area contributed by atoms with Crippen LogP contribution in [0.4, 0.5) is 0 Å². The van der Waals surface area contributed by atoms with Gasteiger partial charge in [-0.05, 0) is 52.4 Å². The zero-order valence-electron chi connectivity index (χ0n) is 23.0. The van der Waals surface area contributed by atoms with E-state index in [1.54, 1.807) is 0 Å². The molecule has 0 atom stereocenters. The number of hydrogen-bond acceptors (Lipinski definition) is 2. The normalized spacial score (nSPS) is 13.1. The highest BCUT2D eigenvalue weighted by Crippen LogP contribution is 2.49. The first-order valence-electron chi connectivity index (χ1n) is 13.9. The van der Waals surface area contributed by atoms with Crippen LogP contribution in [0.2, 0.25) is 0 Å². The Morgan fingerprint density at radius 1 is 0.450 bits per heavy atom. The lowest BCUT2D eigenvalue weighted by Gasteiger charge is -2.21. The van der Waals surface area contributed by atoms with E-state index in [1.807, 2.05) is 12.1 Å². The second-order valence-electron chi connectivity index (χ2n) is 11.1. The van der Waals surface area contributed by atoms with Crippen molar-refractivity contribution < 1.29 is 0 Å². The maximum Gasteiger partial charge on any atom is 0.160 e. The van der Waals surface area contributed by atoms with Crippen LogP contribution in [0.1, 0.15) is 30.5 Å². The van der Waals surface area contributed by atoms with Gasteiger partial charge in [0.25, 0.3) is 0 Å². The predicted molar refractivity (Wildman–Crippen MR) is 166 cm³/mol. The van der Waals surface area contributed by atoms with Crippen LogP contribution in [-0.2, 0) is 5.41 Å². The van der Waals surface area contributed by atoms with E-state index >= 15 is 0 Å². The van der Waals surface area contributed by atoms with Crippen LogP contribution in [0.15, 0.2) is 127 Å². The first-order chi connectivity index (χ1) is 19.5. The van der Waals surface area contributed by atoms with Crippen LogP contribution in [-0.4, -0.2) is 9.97 Å². The molecule has 0 bridgehead atoms. The molecule has 5 aromatic carbocycles. The number of aromatic nitrogens is 2. The van der Waals surface area contributed by atoms with E-state index in [9.17, 15) is 0 Å². The van der Waals surface area contributed by atoms with Gasteiger partial charge in [-0.1, -0.05) is 129 Å². The van der Waals surface area contributed by atoms with Crippen LogP contribution in [0.5, 0.6) is 0 Å². The fourth-order valence-electron chi connectivity index (χ4n) is 6.14. The molecule has 192 valence electrons. The van der Waals surface area contributed by atoms with Crippen LogP contribution >= 0.6 is 0 Å². The molecule has 1 aliphatic rings. The summed E-state index contributed by atoms with van der Waals surface area (Å²) < 4.78 is 0. The maximum atomic E-state index is 5.13. The molecule has 40 heavy (non-hydrogen) atoms. The molecule has 6 aromatic rings. The first-order valence-corrected chi connectivity index (χ1v) is 13.9. The molecule has 2 nitrogen and oxygen atoms in total. The molecule has 0 fully saturated rings. The molecule has 0 N–H and O–H groups in total. The summed E-state index contributed by atoms with van der Waals surface area (Å²) >= 11 is 0. The van der Waals surface area contributed by atoms with Crippen molar-refractivity contribution in [2.45, 2.75) is 26.2 Å². The Hall–Kier alpha value is -4.82. The number of rotatable bonds is 4. The highest BCUT2D eigenvalue weighted by Gasteiger charge is 2.35. The van der Waals surface area contributed by atoms with Crippen molar-refractivity contribution >= 4 is 0 Å². The average molecular weight is 515 g/mol. The van der Waals surface area contributed by atoms with Gasteiger partial charge in [-0.15, -0.1) is 0 Å². The van der Waals surface area contributed by atoms with Gasteiger partial charge in [0.05, 0.1) is 11.4 Å². The van der Waals surface area contributed by atoms with Crippen LogP contribution < -0.4 is 0 Å². The van der Waals surface area contributed by atoms with Crippen LogP contribution in [0, 0.1) is 6.92 Å². The van der Waals surface area contributed by atoms with Gasteiger partial charge >= 0.3 is 0 Å². The molecule has 0 spiro atoms. The molecular weight excluding hydrogens is 484 g/mol. The Labute approximate surface area is 236 Å². The van der Waals surface area contributed by atoms with E-state index in [1.165, 1.54) is 27.8 Å². The summed E-state index contributed by atoms with van der Waals surface area (Å²) in [5.74, 6) is 0.734. The van der Waals surface area contributed by atoms with Gasteiger partial charge in [0.1, 0.15) is 0 Å². The Balaban J connectivity index is 1.37. The fourth-order valence-corrected chi connectivity index (χ4v) is 6.14. The molecule has 0 saturated heterocycles. The van der Waals surface area contributed by atoms with E-state index in [-0.39, 0.29) is 5.41 Å². The molecule has 0 radical (unpaired) electrons. The van der Waals surface area contributed by atoms with Crippen molar-refractivity contribution in [1.29, 1.82) is 0 Å². The summed E-state index contributed by atoms with van der Waals surface area (Å²) in [6, 6.07) is 45.2. The van der Waals surface area contributed by atoms with Gasteiger partial charge in [0.2, 0.25) is 0 Å². The van der Waals surface area contributed by atoms with Crippen molar-refractivity contribution in [3.63, 3.8) is 0 Å². The molecule has 1 aromatic heterocycles. The highest BCUT2D eigenvalue weighted by molar-refractivity contribution is 5.85. The lowest BCUT2D eigenvalue weighted by molar-refractivity contribution is 0.660. The summed E-state index contributed by atoms with van der Waals surface area (Å²) in [4.78, 5) is 10.3. The van der Waals surface area contributed by atoms with E-state index in [2.05, 4.69) is 136 Å². The summed E-state index contributed by atoms with van der Waals surface area (Å²) in [7, 11) is 0. The lowest BCUT2D eigenvalue weighted by Crippen LogP contribution is -2.14. The zero-order valence-corrected chi connectivity index (χ0v) is 23.0. The van der Waals surface area contributed by atoms with Gasteiger partial charge < -0.3 is 0 Å². The molecule has 1 heterocycles. The van der Waals surface area contributed by atoms with Gasteiger partial charge in [0, 0.05) is 27.7 Å². The predicted octanol–water partition coefficient (Wildman–Crippen LogP) is 9.76. The Bertz CT molecular complexity index is 1810. The first kappa shape index (κ1) is 24.2. The van der Waals surface area contributed by atoms with Crippen LogP contribution in [0.3, 0.4) is 0 Å². The minimum Gasteiger partial charge on any atom is -0.228 e. The Kier molecular flexibility index (Phi) is 5.71. The third-order valence-electron chi connectivity index (χ3n) is 8.28. The van der Waals surface area contributed by atoms with E-state index in [4.69, 9.17) is 9.97 Å². The minimum absolute atomic E-state index is 0.00369. The molecular formula is C38H30N2. The molecule has 0 aliphatic heterocycles. The average Bonchev–Trinajstić information content (AvgIpc) is 3.24. The highest BCUT2D eigenvalue weighted by atomic mass is 14.9. The Morgan fingerprint density at radius 3 is 1.65 bits per heavy atom. The summed E-state index contributed by atoms with van der Waals surface area (Å²) in [6.45, 7) is 6.76. The van der Waals surface area contributed by atoms with Crippen molar-refractivity contribution in [2.24, 2.45) is 0 Å². The zero-order chi connectivity index (χ0) is 27.3. The number of benzene rings is 5. The molecule has 0 saturated carbocycles. The fraction of sp³-hybridized carbons (Fsp3) is 0.105. The van der Waals surface area contributed by atoms with E-state index < -0.39 is 0 Å². The summed E-state index contributed by atoms with van der Waals surface area (Å²) in [5, 5.41) is 0. The van der Waals surface area contributed by atoms with Crippen molar-refractivity contribution in [3.05, 3.63) is 144 Å². The minimum atomic E-state index is 0.00369. The van der Waals surface area contributed by atoms with Crippen LogP contribution in [0.25, 0.3) is 56.2 Å². The maximum absolute atomic E-state index is 5.13. The third-order valence-corrected chi connectivity index (χ3v) is 8.28. The molecule has 0 unspecified atom stereocenters. The summed E-state index contributed by atoms with van der Waals surface area (Å²) in [5.41, 5.74) is 14.0. The smallest absolute Gasteiger partial charge is 0.160 e. The van der Waals surface area contributed by atoms with Crippen molar-refractivity contribution in [1.82, 2.24) is 9.97 Å². The van der Waals surface area contributed by atoms with Gasteiger partial charge in [0.15, 0.2) is 5.82 Å². The quantitative estimate of drug-likeness (QED) is 0.234. The second kappa shape index (κ2) is 9.43. The number of nitrogens with zero attached hydrogens (tertiary/aromatic N) is 2. The van der Waals surface area contributed by atoms with E-state index in [0.717, 1.165) is 45.0 Å². The molecule has 0 amide bonds. The standard InChI is InChI=1S/C38H30N2/c1-25-35(26-13-6-4-7-14-26)39-37(40-36(25)27-15-8-5-9-16-27)30-18-12-17-28(23-30)29-21-22-34-32(24-29)31-19-10-11-20-33(31)38(34,2)3/h4-24H,1-3H3. The Morgan fingerprint density at radius 2 is 0.975 bits per heavy atom. The number of hydrogen-bond donors (Lipinski definition) is 0. The molecule has 2 heteroatoms. The van der Waals surface area contributed by atoms with Gasteiger partial charge in [-0.2, -0.15) is 0 Å². The monoisotopic (exact) mass is 514 g/mol. The lowest BCUT2D eigenvalue weighted by atomic mass is 9.82. The third kappa shape index (κ3) is 3.96. The molecule has 1 aliphatic carbocycles.